The molecule has 1 fully saturated rings. The van der Waals surface area contributed by atoms with Gasteiger partial charge in [0.1, 0.15) is 5.54 Å². The van der Waals surface area contributed by atoms with Crippen LogP contribution in [0.4, 0.5) is 0 Å². The molecule has 0 spiro atoms. The fraction of sp³-hybridized carbons (Fsp3) is 0.438. The number of benzene rings is 1. The van der Waals surface area contributed by atoms with Crippen molar-refractivity contribution in [2.75, 3.05) is 6.61 Å². The summed E-state index contributed by atoms with van der Waals surface area (Å²) in [6.07, 6.45) is 1.88. The van der Waals surface area contributed by atoms with Crippen LogP contribution in [-0.2, 0) is 9.53 Å². The molecule has 5 heteroatoms. The lowest BCUT2D eigenvalue weighted by Crippen LogP contribution is -2.48. The molecule has 1 atom stereocenters. The molecular weight excluding hydrogens is 268 g/mol. The molecule has 0 aromatic heterocycles. The first-order valence-electron chi connectivity index (χ1n) is 6.91. The van der Waals surface area contributed by atoms with Crippen LogP contribution < -0.4 is 5.32 Å². The maximum absolute atomic E-state index is 11.9. The van der Waals surface area contributed by atoms with E-state index in [0.717, 1.165) is 18.4 Å². The fourth-order valence-corrected chi connectivity index (χ4v) is 2.22. The largest absolute Gasteiger partial charge is 0.452 e. The Kier molecular flexibility index (Phi) is 4.27. The van der Waals surface area contributed by atoms with E-state index in [4.69, 9.17) is 10.00 Å². The zero-order chi connectivity index (χ0) is 15.5. The number of esters is 1. The number of hydrogen-bond acceptors (Lipinski definition) is 4. The summed E-state index contributed by atoms with van der Waals surface area (Å²) in [6.45, 7) is 3.12. The van der Waals surface area contributed by atoms with Crippen molar-refractivity contribution in [1.29, 1.82) is 5.26 Å². The van der Waals surface area contributed by atoms with Crippen LogP contribution >= 0.6 is 0 Å². The second-order valence-electron chi connectivity index (χ2n) is 5.53. The molecule has 0 heterocycles. The van der Waals surface area contributed by atoms with Gasteiger partial charge in [-0.3, -0.25) is 4.79 Å². The number of nitriles is 1. The topological polar surface area (TPSA) is 79.2 Å². The first-order chi connectivity index (χ1) is 9.96. The van der Waals surface area contributed by atoms with Gasteiger partial charge in [0.25, 0.3) is 5.91 Å². The minimum absolute atomic E-state index is 0.193. The summed E-state index contributed by atoms with van der Waals surface area (Å²) in [5.41, 5.74) is 0.366. The van der Waals surface area contributed by atoms with Crippen LogP contribution in [0.5, 0.6) is 0 Å². The Morgan fingerprint density at radius 3 is 2.67 bits per heavy atom. The van der Waals surface area contributed by atoms with Crippen molar-refractivity contribution in [1.82, 2.24) is 5.32 Å². The van der Waals surface area contributed by atoms with Gasteiger partial charge >= 0.3 is 5.97 Å². The van der Waals surface area contributed by atoms with Gasteiger partial charge < -0.3 is 10.1 Å². The molecule has 0 aliphatic heterocycles. The Labute approximate surface area is 123 Å². The molecule has 1 aromatic rings. The van der Waals surface area contributed by atoms with Gasteiger partial charge in [0.15, 0.2) is 6.61 Å². The minimum Gasteiger partial charge on any atom is -0.452 e. The number of carbonyl (C=O) groups excluding carboxylic acids is 2. The van der Waals surface area contributed by atoms with E-state index in [9.17, 15) is 9.59 Å². The molecule has 0 saturated heterocycles. The second kappa shape index (κ2) is 5.96. The van der Waals surface area contributed by atoms with Crippen molar-refractivity contribution in [2.45, 2.75) is 32.2 Å². The zero-order valence-electron chi connectivity index (χ0n) is 12.2. The summed E-state index contributed by atoms with van der Waals surface area (Å²) < 4.78 is 5.00. The first kappa shape index (κ1) is 15.0. The first-order valence-corrected chi connectivity index (χ1v) is 6.91. The van der Waals surface area contributed by atoms with Gasteiger partial charge in [0, 0.05) is 0 Å². The number of aryl methyl sites for hydroxylation is 1. The standard InChI is InChI=1S/C16H18N2O3/c1-11-5-3-4-6-13(11)15(20)21-9-14(19)18-16(2,10-17)12-7-8-12/h3-6,12H,7-9H2,1-2H3,(H,18,19)/t16-/m1/s1. The summed E-state index contributed by atoms with van der Waals surface area (Å²) in [6, 6.07) is 9.15. The van der Waals surface area contributed by atoms with E-state index in [1.807, 2.05) is 6.07 Å². The van der Waals surface area contributed by atoms with Crippen LogP contribution in [0.25, 0.3) is 0 Å². The molecule has 1 amide bonds. The van der Waals surface area contributed by atoms with E-state index in [1.54, 1.807) is 32.0 Å². The second-order valence-corrected chi connectivity index (χ2v) is 5.53. The third-order valence-electron chi connectivity index (χ3n) is 3.72. The smallest absolute Gasteiger partial charge is 0.338 e. The predicted octanol–water partition coefficient (Wildman–Crippen LogP) is 1.96. The number of nitrogens with zero attached hydrogens (tertiary/aromatic N) is 1. The van der Waals surface area contributed by atoms with E-state index in [-0.39, 0.29) is 12.5 Å². The third-order valence-corrected chi connectivity index (χ3v) is 3.72. The van der Waals surface area contributed by atoms with Crippen LogP contribution in [0, 0.1) is 24.2 Å². The maximum atomic E-state index is 11.9. The maximum Gasteiger partial charge on any atom is 0.338 e. The monoisotopic (exact) mass is 286 g/mol. The normalized spacial score (nSPS) is 16.4. The van der Waals surface area contributed by atoms with Crippen LogP contribution in [0.15, 0.2) is 24.3 Å². The molecule has 1 aliphatic carbocycles. The van der Waals surface area contributed by atoms with Gasteiger partial charge in [-0.25, -0.2) is 4.79 Å². The average Bonchev–Trinajstić information content (AvgIpc) is 3.30. The van der Waals surface area contributed by atoms with Gasteiger partial charge in [-0.1, -0.05) is 18.2 Å². The third kappa shape index (κ3) is 3.60. The summed E-state index contributed by atoms with van der Waals surface area (Å²) in [5.74, 6) is -0.792. The molecule has 5 nitrogen and oxygen atoms in total. The Balaban J connectivity index is 1.88. The minimum atomic E-state index is -0.869. The van der Waals surface area contributed by atoms with Crippen molar-refractivity contribution in [3.63, 3.8) is 0 Å². The average molecular weight is 286 g/mol. The Bertz CT molecular complexity index is 602. The number of amides is 1. The van der Waals surface area contributed by atoms with E-state index < -0.39 is 17.4 Å². The molecule has 21 heavy (non-hydrogen) atoms. The van der Waals surface area contributed by atoms with Crippen LogP contribution in [0.2, 0.25) is 0 Å². The van der Waals surface area contributed by atoms with E-state index in [0.29, 0.717) is 5.56 Å². The van der Waals surface area contributed by atoms with Crippen molar-refractivity contribution < 1.29 is 14.3 Å². The highest BCUT2D eigenvalue weighted by atomic mass is 16.5. The lowest BCUT2D eigenvalue weighted by atomic mass is 9.98. The predicted molar refractivity (Wildman–Crippen MR) is 76.3 cm³/mol. The Morgan fingerprint density at radius 2 is 2.10 bits per heavy atom. The number of hydrogen-bond donors (Lipinski definition) is 1. The quantitative estimate of drug-likeness (QED) is 0.839. The lowest BCUT2D eigenvalue weighted by Gasteiger charge is -2.22. The van der Waals surface area contributed by atoms with E-state index in [2.05, 4.69) is 11.4 Å². The number of ether oxygens (including phenoxy) is 1. The summed E-state index contributed by atoms with van der Waals surface area (Å²) in [5, 5.41) is 11.8. The molecule has 0 unspecified atom stereocenters. The fourth-order valence-electron chi connectivity index (χ4n) is 2.22. The van der Waals surface area contributed by atoms with Gasteiger partial charge in [0.2, 0.25) is 0 Å². The van der Waals surface area contributed by atoms with Gasteiger partial charge in [0.05, 0.1) is 11.6 Å². The number of carbonyl (C=O) groups is 2. The molecule has 1 aliphatic rings. The van der Waals surface area contributed by atoms with Gasteiger partial charge in [-0.2, -0.15) is 5.26 Å². The summed E-state index contributed by atoms with van der Waals surface area (Å²) in [7, 11) is 0. The molecule has 0 bridgehead atoms. The summed E-state index contributed by atoms with van der Waals surface area (Å²) >= 11 is 0. The van der Waals surface area contributed by atoms with Crippen molar-refractivity contribution in [2.24, 2.45) is 5.92 Å². The highest BCUT2D eigenvalue weighted by molar-refractivity contribution is 5.92. The molecule has 0 radical (unpaired) electrons. The van der Waals surface area contributed by atoms with Gasteiger partial charge in [-0.15, -0.1) is 0 Å². The van der Waals surface area contributed by atoms with Crippen LogP contribution in [0.1, 0.15) is 35.7 Å². The van der Waals surface area contributed by atoms with Crippen molar-refractivity contribution in [3.8, 4) is 6.07 Å². The van der Waals surface area contributed by atoms with Crippen LogP contribution in [0.3, 0.4) is 0 Å². The Hall–Kier alpha value is -2.35. The van der Waals surface area contributed by atoms with Crippen LogP contribution in [-0.4, -0.2) is 24.0 Å². The molecule has 1 saturated carbocycles. The van der Waals surface area contributed by atoms with E-state index in [1.165, 1.54) is 0 Å². The van der Waals surface area contributed by atoms with Crippen molar-refractivity contribution in [3.05, 3.63) is 35.4 Å². The number of nitrogens with one attached hydrogen (secondary N) is 1. The SMILES string of the molecule is Cc1ccccc1C(=O)OCC(=O)N[C@](C)(C#N)C1CC1. The van der Waals surface area contributed by atoms with E-state index >= 15 is 0 Å². The lowest BCUT2D eigenvalue weighted by molar-refractivity contribution is -0.125. The highest BCUT2D eigenvalue weighted by Crippen LogP contribution is 2.39. The highest BCUT2D eigenvalue weighted by Gasteiger charge is 2.43. The molecule has 2 rings (SSSR count). The number of rotatable bonds is 5. The molecule has 110 valence electrons. The molecule has 1 N–H and O–H groups in total. The zero-order valence-corrected chi connectivity index (χ0v) is 12.2. The summed E-state index contributed by atoms with van der Waals surface area (Å²) in [4.78, 5) is 23.7. The van der Waals surface area contributed by atoms with Crippen molar-refractivity contribution >= 4 is 11.9 Å². The Morgan fingerprint density at radius 1 is 1.43 bits per heavy atom. The molecular formula is C16H18N2O3. The molecule has 1 aromatic carbocycles. The van der Waals surface area contributed by atoms with Gasteiger partial charge in [-0.05, 0) is 44.2 Å².